The van der Waals surface area contributed by atoms with Crippen molar-refractivity contribution < 1.29 is 9.59 Å². The molecule has 0 unspecified atom stereocenters. The van der Waals surface area contributed by atoms with E-state index in [4.69, 9.17) is 0 Å². The van der Waals surface area contributed by atoms with Gasteiger partial charge in [-0.05, 0) is 55.3 Å². The Morgan fingerprint density at radius 1 is 1.07 bits per heavy atom. The van der Waals surface area contributed by atoms with Gasteiger partial charge in [-0.3, -0.25) is 9.59 Å². The maximum absolute atomic E-state index is 12.7. The van der Waals surface area contributed by atoms with Gasteiger partial charge in [0.25, 0.3) is 11.8 Å². The normalized spacial score (nSPS) is 15.1. The zero-order valence-corrected chi connectivity index (χ0v) is 16.2. The number of imidazole rings is 1. The van der Waals surface area contributed by atoms with E-state index in [0.717, 1.165) is 28.3 Å². The van der Waals surface area contributed by atoms with E-state index >= 15 is 0 Å². The lowest BCUT2D eigenvalue weighted by molar-refractivity contribution is 0.0698. The standard InChI is InChI=1S/C20H19BrN4O2/c21-15-4-1-13(2-5-15)19(26)24-16-7-9-25(10-8-16)20(27)14-3-6-17-18(11-14)23-12-22-17/h1-6,11-12,16H,7-10H2,(H,22,23)(H,24,26). The van der Waals surface area contributed by atoms with E-state index in [1.807, 2.05) is 35.2 Å². The molecule has 6 nitrogen and oxygen atoms in total. The molecular formula is C20H19BrN4O2. The molecule has 1 aromatic heterocycles. The largest absolute Gasteiger partial charge is 0.349 e. The van der Waals surface area contributed by atoms with E-state index in [0.29, 0.717) is 24.2 Å². The van der Waals surface area contributed by atoms with Gasteiger partial charge in [-0.25, -0.2) is 4.98 Å². The monoisotopic (exact) mass is 426 g/mol. The van der Waals surface area contributed by atoms with Gasteiger partial charge in [-0.2, -0.15) is 0 Å². The van der Waals surface area contributed by atoms with Crippen LogP contribution in [0.25, 0.3) is 11.0 Å². The van der Waals surface area contributed by atoms with Crippen LogP contribution in [0.1, 0.15) is 33.6 Å². The molecule has 3 aromatic rings. The van der Waals surface area contributed by atoms with Crippen LogP contribution in [0.2, 0.25) is 0 Å². The van der Waals surface area contributed by atoms with Gasteiger partial charge in [-0.15, -0.1) is 0 Å². The summed E-state index contributed by atoms with van der Waals surface area (Å²) in [7, 11) is 0. The number of halogens is 1. The van der Waals surface area contributed by atoms with Crippen molar-refractivity contribution in [3.05, 3.63) is 64.4 Å². The average molecular weight is 427 g/mol. The SMILES string of the molecule is O=C(NC1CCN(C(=O)c2ccc3nc[nH]c3c2)CC1)c1ccc(Br)cc1. The van der Waals surface area contributed by atoms with Gasteiger partial charge in [-0.1, -0.05) is 15.9 Å². The molecule has 0 bridgehead atoms. The summed E-state index contributed by atoms with van der Waals surface area (Å²) in [6.45, 7) is 1.26. The number of H-pyrrole nitrogens is 1. The number of hydrogen-bond acceptors (Lipinski definition) is 3. The fourth-order valence-electron chi connectivity index (χ4n) is 3.35. The highest BCUT2D eigenvalue weighted by Gasteiger charge is 2.25. The number of carbonyl (C=O) groups excluding carboxylic acids is 2. The molecule has 0 radical (unpaired) electrons. The van der Waals surface area contributed by atoms with Gasteiger partial charge in [0.1, 0.15) is 0 Å². The van der Waals surface area contributed by atoms with Crippen molar-refractivity contribution in [2.24, 2.45) is 0 Å². The van der Waals surface area contributed by atoms with Gasteiger partial charge in [0.05, 0.1) is 17.4 Å². The third kappa shape index (κ3) is 3.88. The molecular weight excluding hydrogens is 408 g/mol. The fraction of sp³-hybridized carbons (Fsp3) is 0.250. The van der Waals surface area contributed by atoms with E-state index in [2.05, 4.69) is 31.2 Å². The Hall–Kier alpha value is -2.67. The molecule has 2 heterocycles. The third-order valence-corrected chi connectivity index (χ3v) is 5.42. The number of likely N-dealkylation sites (tertiary alicyclic amines) is 1. The average Bonchev–Trinajstić information content (AvgIpc) is 3.16. The number of aromatic nitrogens is 2. The van der Waals surface area contributed by atoms with Crippen LogP contribution in [-0.2, 0) is 0 Å². The predicted octanol–water partition coefficient (Wildman–Crippen LogP) is 3.36. The lowest BCUT2D eigenvalue weighted by Crippen LogP contribution is -2.46. The van der Waals surface area contributed by atoms with Crippen LogP contribution in [0.5, 0.6) is 0 Å². The highest BCUT2D eigenvalue weighted by atomic mass is 79.9. The van der Waals surface area contributed by atoms with Crippen molar-refractivity contribution in [1.82, 2.24) is 20.2 Å². The first-order valence-electron chi connectivity index (χ1n) is 8.89. The number of benzene rings is 2. The van der Waals surface area contributed by atoms with E-state index in [1.165, 1.54) is 0 Å². The molecule has 4 rings (SSSR count). The summed E-state index contributed by atoms with van der Waals surface area (Å²) >= 11 is 3.37. The molecule has 2 aromatic carbocycles. The molecule has 1 aliphatic heterocycles. The Morgan fingerprint density at radius 3 is 2.52 bits per heavy atom. The van der Waals surface area contributed by atoms with Gasteiger partial charge in [0.2, 0.25) is 0 Å². The summed E-state index contributed by atoms with van der Waals surface area (Å²) < 4.78 is 0.944. The molecule has 0 aliphatic carbocycles. The van der Waals surface area contributed by atoms with Gasteiger partial charge in [0.15, 0.2) is 0 Å². The van der Waals surface area contributed by atoms with Crippen LogP contribution in [0, 0.1) is 0 Å². The molecule has 138 valence electrons. The number of aromatic amines is 1. The van der Waals surface area contributed by atoms with Crippen molar-refractivity contribution in [2.45, 2.75) is 18.9 Å². The van der Waals surface area contributed by atoms with Crippen LogP contribution < -0.4 is 5.32 Å². The maximum atomic E-state index is 12.7. The first kappa shape index (κ1) is 17.7. The minimum absolute atomic E-state index is 0.0178. The van der Waals surface area contributed by atoms with Crippen LogP contribution in [0.15, 0.2) is 53.3 Å². The number of rotatable bonds is 3. The lowest BCUT2D eigenvalue weighted by atomic mass is 10.0. The molecule has 7 heteroatoms. The van der Waals surface area contributed by atoms with Gasteiger partial charge < -0.3 is 15.2 Å². The number of amides is 2. The van der Waals surface area contributed by atoms with E-state index in [-0.39, 0.29) is 17.9 Å². The second kappa shape index (κ2) is 7.52. The van der Waals surface area contributed by atoms with Crippen molar-refractivity contribution in [3.8, 4) is 0 Å². The van der Waals surface area contributed by atoms with Crippen molar-refractivity contribution in [1.29, 1.82) is 0 Å². The zero-order valence-electron chi connectivity index (χ0n) is 14.6. The first-order valence-corrected chi connectivity index (χ1v) is 9.68. The molecule has 0 atom stereocenters. The van der Waals surface area contributed by atoms with Crippen molar-refractivity contribution >= 4 is 38.8 Å². The molecule has 1 aliphatic rings. The quantitative estimate of drug-likeness (QED) is 0.673. The highest BCUT2D eigenvalue weighted by molar-refractivity contribution is 9.10. The Bertz CT molecular complexity index is 975. The fourth-order valence-corrected chi connectivity index (χ4v) is 3.61. The van der Waals surface area contributed by atoms with Crippen LogP contribution >= 0.6 is 15.9 Å². The molecule has 1 fully saturated rings. The van der Waals surface area contributed by atoms with Crippen LogP contribution in [0.4, 0.5) is 0 Å². The Balaban J connectivity index is 1.34. The molecule has 27 heavy (non-hydrogen) atoms. The smallest absolute Gasteiger partial charge is 0.253 e. The second-order valence-electron chi connectivity index (χ2n) is 6.68. The summed E-state index contributed by atoms with van der Waals surface area (Å²) in [6, 6.07) is 12.9. The molecule has 0 saturated carbocycles. The van der Waals surface area contributed by atoms with Crippen molar-refractivity contribution in [3.63, 3.8) is 0 Å². The summed E-state index contributed by atoms with van der Waals surface area (Å²) in [4.78, 5) is 34.1. The van der Waals surface area contributed by atoms with E-state index < -0.39 is 0 Å². The van der Waals surface area contributed by atoms with E-state index in [1.54, 1.807) is 18.5 Å². The Morgan fingerprint density at radius 2 is 1.78 bits per heavy atom. The van der Waals surface area contributed by atoms with Gasteiger partial charge in [0, 0.05) is 34.7 Å². The number of carbonyl (C=O) groups is 2. The van der Waals surface area contributed by atoms with Gasteiger partial charge >= 0.3 is 0 Å². The summed E-state index contributed by atoms with van der Waals surface area (Å²) in [5, 5.41) is 3.07. The minimum atomic E-state index is -0.0722. The molecule has 0 spiro atoms. The van der Waals surface area contributed by atoms with Crippen molar-refractivity contribution in [2.75, 3.05) is 13.1 Å². The van der Waals surface area contributed by atoms with Crippen LogP contribution in [-0.4, -0.2) is 45.8 Å². The minimum Gasteiger partial charge on any atom is -0.349 e. The number of hydrogen-bond donors (Lipinski definition) is 2. The molecule has 2 amide bonds. The van der Waals surface area contributed by atoms with Crippen LogP contribution in [0.3, 0.4) is 0 Å². The summed E-state index contributed by atoms with van der Waals surface area (Å²) in [5.41, 5.74) is 3.01. The lowest BCUT2D eigenvalue weighted by Gasteiger charge is -2.32. The second-order valence-corrected chi connectivity index (χ2v) is 7.60. The van der Waals surface area contributed by atoms with E-state index in [9.17, 15) is 9.59 Å². The third-order valence-electron chi connectivity index (χ3n) is 4.89. The number of piperidine rings is 1. The Labute approximate surface area is 165 Å². The maximum Gasteiger partial charge on any atom is 0.253 e. The summed E-state index contributed by atoms with van der Waals surface area (Å²) in [5.74, 6) is -0.0545. The Kier molecular flexibility index (Phi) is 4.94. The number of fused-ring (bicyclic) bond motifs is 1. The first-order chi connectivity index (χ1) is 13.1. The number of nitrogens with zero attached hydrogens (tertiary/aromatic N) is 2. The zero-order chi connectivity index (χ0) is 18.8. The topological polar surface area (TPSA) is 78.1 Å². The summed E-state index contributed by atoms with van der Waals surface area (Å²) in [6.07, 6.45) is 3.12. The highest BCUT2D eigenvalue weighted by Crippen LogP contribution is 2.18. The predicted molar refractivity (Wildman–Crippen MR) is 107 cm³/mol. The molecule has 1 saturated heterocycles. The number of nitrogens with one attached hydrogen (secondary N) is 2. The molecule has 2 N–H and O–H groups in total.